The smallest absolute Gasteiger partial charge is 0.272 e. The van der Waals surface area contributed by atoms with E-state index in [-0.39, 0.29) is 5.91 Å². The summed E-state index contributed by atoms with van der Waals surface area (Å²) < 4.78 is 4.10. The fraction of sp³-hybridized carbons (Fsp3) is 0.421. The fourth-order valence-electron chi connectivity index (χ4n) is 3.79. The molecule has 0 N–H and O–H groups in total. The summed E-state index contributed by atoms with van der Waals surface area (Å²) >= 11 is 0. The number of carbonyl (C=O) groups is 1. The molecule has 0 aromatic carbocycles. The highest BCUT2D eigenvalue weighted by molar-refractivity contribution is 5.92. The van der Waals surface area contributed by atoms with Crippen LogP contribution in [-0.2, 0) is 0 Å². The molecule has 3 aromatic rings. The Bertz CT molecular complexity index is 937. The molecule has 2 aliphatic rings. The Morgan fingerprint density at radius 1 is 1.07 bits per heavy atom. The number of rotatable bonds is 4. The lowest BCUT2D eigenvalue weighted by Crippen LogP contribution is -2.38. The first-order valence-corrected chi connectivity index (χ1v) is 9.42. The van der Waals surface area contributed by atoms with Crippen LogP contribution in [-0.4, -0.2) is 53.2 Å². The molecule has 3 aromatic heterocycles. The number of pyridine rings is 1. The molecule has 2 fully saturated rings. The highest BCUT2D eigenvalue weighted by Gasteiger charge is 2.32. The van der Waals surface area contributed by atoms with E-state index >= 15 is 0 Å². The van der Waals surface area contributed by atoms with Gasteiger partial charge in [-0.15, -0.1) is 10.2 Å². The Hall–Kier alpha value is -3.03. The Morgan fingerprint density at radius 3 is 2.67 bits per heavy atom. The summed E-state index contributed by atoms with van der Waals surface area (Å²) in [5.41, 5.74) is 1.36. The van der Waals surface area contributed by atoms with Crippen molar-refractivity contribution in [2.45, 2.75) is 37.6 Å². The first kappa shape index (κ1) is 16.2. The molecule has 0 spiro atoms. The van der Waals surface area contributed by atoms with Gasteiger partial charge >= 0.3 is 0 Å². The molecule has 0 bridgehead atoms. The number of nitrogens with zero attached hydrogens (tertiary/aromatic N) is 7. The van der Waals surface area contributed by atoms with Crippen LogP contribution in [0.1, 0.15) is 54.0 Å². The molecule has 8 heteroatoms. The number of likely N-dealkylation sites (tertiary alicyclic amines) is 1. The molecule has 138 valence electrons. The van der Waals surface area contributed by atoms with Crippen LogP contribution in [0.3, 0.4) is 0 Å². The minimum absolute atomic E-state index is 0.0147. The zero-order valence-electron chi connectivity index (χ0n) is 15.0. The van der Waals surface area contributed by atoms with Crippen molar-refractivity contribution in [2.75, 3.05) is 13.1 Å². The van der Waals surface area contributed by atoms with Crippen LogP contribution in [0, 0.1) is 0 Å². The highest BCUT2D eigenvalue weighted by atomic mass is 16.2. The van der Waals surface area contributed by atoms with E-state index in [1.54, 1.807) is 18.7 Å². The first-order chi connectivity index (χ1) is 13.3. The number of hydrogen-bond donors (Lipinski definition) is 0. The SMILES string of the molecule is O=C(c1cc(-n2ccnc2)ccn1)N1CCC(c2nncn2C2CC2)CC1. The van der Waals surface area contributed by atoms with Crippen molar-refractivity contribution in [3.05, 3.63) is 54.9 Å². The number of imidazole rings is 1. The van der Waals surface area contributed by atoms with Gasteiger partial charge < -0.3 is 14.0 Å². The summed E-state index contributed by atoms with van der Waals surface area (Å²) in [4.78, 5) is 23.1. The zero-order valence-corrected chi connectivity index (χ0v) is 15.0. The van der Waals surface area contributed by atoms with Crippen molar-refractivity contribution >= 4 is 5.91 Å². The maximum atomic E-state index is 12.9. The van der Waals surface area contributed by atoms with Crippen LogP contribution in [0.5, 0.6) is 0 Å². The molecule has 1 amide bonds. The molecule has 1 saturated carbocycles. The standard InChI is InChI=1S/C19H21N7O/c27-19(17-11-16(3-6-21-17)25-10-7-20-12-25)24-8-4-14(5-9-24)18-23-22-13-26(18)15-1-2-15/h3,6-7,10-15H,1-2,4-5,8-9H2. The summed E-state index contributed by atoms with van der Waals surface area (Å²) in [7, 11) is 0. The Balaban J connectivity index is 1.27. The van der Waals surface area contributed by atoms with Gasteiger partial charge in [-0.1, -0.05) is 0 Å². The van der Waals surface area contributed by atoms with Crippen LogP contribution in [0.4, 0.5) is 0 Å². The molecule has 27 heavy (non-hydrogen) atoms. The van der Waals surface area contributed by atoms with E-state index in [1.807, 2.05) is 34.1 Å². The van der Waals surface area contributed by atoms with Gasteiger partial charge in [0.25, 0.3) is 5.91 Å². The van der Waals surface area contributed by atoms with E-state index in [9.17, 15) is 4.79 Å². The average molecular weight is 363 g/mol. The third-order valence-electron chi connectivity index (χ3n) is 5.45. The molecule has 0 unspecified atom stereocenters. The number of amides is 1. The third kappa shape index (κ3) is 3.11. The normalized spacial score (nSPS) is 18.0. The quantitative estimate of drug-likeness (QED) is 0.710. The second-order valence-electron chi connectivity index (χ2n) is 7.26. The Labute approximate surface area is 156 Å². The van der Waals surface area contributed by atoms with Crippen LogP contribution < -0.4 is 0 Å². The number of aromatic nitrogens is 6. The van der Waals surface area contributed by atoms with E-state index in [1.165, 1.54) is 12.8 Å². The van der Waals surface area contributed by atoms with E-state index < -0.39 is 0 Å². The van der Waals surface area contributed by atoms with Crippen molar-refractivity contribution in [3.63, 3.8) is 0 Å². The summed E-state index contributed by atoms with van der Waals surface area (Å²) in [6, 6.07) is 4.28. The molecule has 4 heterocycles. The van der Waals surface area contributed by atoms with Crippen LogP contribution in [0.2, 0.25) is 0 Å². The lowest BCUT2D eigenvalue weighted by Gasteiger charge is -2.31. The van der Waals surface area contributed by atoms with Gasteiger partial charge in [0.15, 0.2) is 0 Å². The minimum atomic E-state index is -0.0147. The predicted octanol–water partition coefficient (Wildman–Crippen LogP) is 2.21. The largest absolute Gasteiger partial charge is 0.337 e. The Kier molecular flexibility index (Phi) is 3.95. The highest BCUT2D eigenvalue weighted by Crippen LogP contribution is 2.38. The van der Waals surface area contributed by atoms with Crippen LogP contribution in [0.25, 0.3) is 5.69 Å². The van der Waals surface area contributed by atoms with Crippen molar-refractivity contribution in [2.24, 2.45) is 0 Å². The lowest BCUT2D eigenvalue weighted by molar-refractivity contribution is 0.0704. The topological polar surface area (TPSA) is 81.7 Å². The van der Waals surface area contributed by atoms with Crippen molar-refractivity contribution < 1.29 is 4.79 Å². The third-order valence-corrected chi connectivity index (χ3v) is 5.45. The maximum Gasteiger partial charge on any atom is 0.272 e. The van der Waals surface area contributed by atoms with E-state index in [0.717, 1.165) is 37.4 Å². The van der Waals surface area contributed by atoms with Crippen LogP contribution in [0.15, 0.2) is 43.4 Å². The van der Waals surface area contributed by atoms with Crippen molar-refractivity contribution in [1.29, 1.82) is 0 Å². The summed E-state index contributed by atoms with van der Waals surface area (Å²) in [6.45, 7) is 1.44. The van der Waals surface area contributed by atoms with Gasteiger partial charge in [0, 0.05) is 43.6 Å². The Morgan fingerprint density at radius 2 is 1.93 bits per heavy atom. The molecule has 1 saturated heterocycles. The number of piperidine rings is 1. The van der Waals surface area contributed by atoms with Gasteiger partial charge in [0.1, 0.15) is 17.8 Å². The van der Waals surface area contributed by atoms with Gasteiger partial charge in [0.05, 0.1) is 12.0 Å². The van der Waals surface area contributed by atoms with Crippen molar-refractivity contribution in [1.82, 2.24) is 34.2 Å². The molecule has 1 aliphatic heterocycles. The molecule has 0 atom stereocenters. The molecular weight excluding hydrogens is 342 g/mol. The second kappa shape index (κ2) is 6.61. The molecule has 8 nitrogen and oxygen atoms in total. The number of carbonyl (C=O) groups excluding carboxylic acids is 1. The average Bonchev–Trinajstić information content (AvgIpc) is 3.21. The summed E-state index contributed by atoms with van der Waals surface area (Å²) in [5.74, 6) is 1.45. The predicted molar refractivity (Wildman–Crippen MR) is 97.5 cm³/mol. The monoisotopic (exact) mass is 363 g/mol. The first-order valence-electron chi connectivity index (χ1n) is 9.42. The van der Waals surface area contributed by atoms with E-state index in [2.05, 4.69) is 24.7 Å². The summed E-state index contributed by atoms with van der Waals surface area (Å²) in [5, 5.41) is 8.47. The molecular formula is C19H21N7O. The fourth-order valence-corrected chi connectivity index (χ4v) is 3.79. The maximum absolute atomic E-state index is 12.9. The second-order valence-corrected chi connectivity index (χ2v) is 7.26. The zero-order chi connectivity index (χ0) is 18.2. The minimum Gasteiger partial charge on any atom is -0.337 e. The van der Waals surface area contributed by atoms with Crippen LogP contribution >= 0.6 is 0 Å². The number of hydrogen-bond acceptors (Lipinski definition) is 5. The van der Waals surface area contributed by atoms with Gasteiger partial charge in [-0.25, -0.2) is 4.98 Å². The lowest BCUT2D eigenvalue weighted by atomic mass is 9.95. The summed E-state index contributed by atoms with van der Waals surface area (Å²) in [6.07, 6.45) is 13.1. The van der Waals surface area contributed by atoms with E-state index in [0.29, 0.717) is 17.7 Å². The van der Waals surface area contributed by atoms with Gasteiger partial charge in [-0.3, -0.25) is 9.78 Å². The van der Waals surface area contributed by atoms with Gasteiger partial charge in [-0.2, -0.15) is 0 Å². The molecule has 0 radical (unpaired) electrons. The van der Waals surface area contributed by atoms with Gasteiger partial charge in [-0.05, 0) is 37.8 Å². The van der Waals surface area contributed by atoms with Gasteiger partial charge in [0.2, 0.25) is 0 Å². The van der Waals surface area contributed by atoms with E-state index in [4.69, 9.17) is 0 Å². The molecule has 5 rings (SSSR count). The molecule has 1 aliphatic carbocycles. The van der Waals surface area contributed by atoms with Crippen molar-refractivity contribution in [3.8, 4) is 5.69 Å².